The normalized spacial score (nSPS) is 14.6. The van der Waals surface area contributed by atoms with Crippen molar-refractivity contribution in [1.82, 2.24) is 15.1 Å². The number of halogens is 1. The van der Waals surface area contributed by atoms with Gasteiger partial charge in [0.25, 0.3) is 0 Å². The van der Waals surface area contributed by atoms with E-state index in [2.05, 4.69) is 10.4 Å². The van der Waals surface area contributed by atoms with Crippen molar-refractivity contribution in [1.29, 1.82) is 0 Å². The van der Waals surface area contributed by atoms with E-state index in [9.17, 15) is 9.18 Å². The number of nitrogens with one attached hydrogen (secondary N) is 1. The van der Waals surface area contributed by atoms with Crippen LogP contribution in [0.1, 0.15) is 30.5 Å². The van der Waals surface area contributed by atoms with E-state index in [1.54, 1.807) is 16.8 Å². The van der Waals surface area contributed by atoms with E-state index in [1.165, 1.54) is 12.1 Å². The molecule has 1 aromatic heterocycles. The minimum absolute atomic E-state index is 0.0217. The van der Waals surface area contributed by atoms with Crippen LogP contribution in [0.4, 0.5) is 10.2 Å². The van der Waals surface area contributed by atoms with Crippen LogP contribution in [0.25, 0.3) is 5.69 Å². The molecule has 1 heterocycles. The first-order chi connectivity index (χ1) is 13.6. The number of aromatic nitrogens is 2. The molecule has 4 rings (SSSR count). The Morgan fingerprint density at radius 2 is 1.86 bits per heavy atom. The second kappa shape index (κ2) is 7.46. The molecule has 3 N–H and O–H groups in total. The maximum atomic E-state index is 13.1. The summed E-state index contributed by atoms with van der Waals surface area (Å²) in [6.07, 6.45) is 3.12. The molecule has 28 heavy (non-hydrogen) atoms. The van der Waals surface area contributed by atoms with Crippen molar-refractivity contribution in [2.45, 2.75) is 31.1 Å². The molecule has 0 aliphatic heterocycles. The summed E-state index contributed by atoms with van der Waals surface area (Å²) in [6.45, 7) is 0.569. The maximum Gasteiger partial charge on any atom is 0.230 e. The zero-order valence-electron chi connectivity index (χ0n) is 15.6. The molecule has 144 valence electrons. The second-order valence-corrected chi connectivity index (χ2v) is 7.26. The van der Waals surface area contributed by atoms with E-state index in [-0.39, 0.29) is 11.7 Å². The van der Waals surface area contributed by atoms with Gasteiger partial charge in [-0.1, -0.05) is 30.3 Å². The van der Waals surface area contributed by atoms with Gasteiger partial charge in [-0.3, -0.25) is 4.79 Å². The molecule has 2 aromatic carbocycles. The summed E-state index contributed by atoms with van der Waals surface area (Å²) in [5.74, 6) is 0.334. The zero-order valence-corrected chi connectivity index (χ0v) is 15.6. The number of nitrogens with zero attached hydrogens (tertiary/aromatic N) is 2. The number of para-hydroxylation sites is 1. The third kappa shape index (κ3) is 3.63. The van der Waals surface area contributed by atoms with Crippen molar-refractivity contribution in [2.24, 2.45) is 0 Å². The van der Waals surface area contributed by atoms with Gasteiger partial charge in [-0.2, -0.15) is 5.10 Å². The molecule has 0 atom stereocenters. The van der Waals surface area contributed by atoms with Gasteiger partial charge >= 0.3 is 0 Å². The van der Waals surface area contributed by atoms with E-state index in [0.29, 0.717) is 12.4 Å². The van der Waals surface area contributed by atoms with Gasteiger partial charge in [0.1, 0.15) is 11.6 Å². The molecule has 0 unspecified atom stereocenters. The van der Waals surface area contributed by atoms with Gasteiger partial charge in [-0.25, -0.2) is 9.07 Å². The zero-order chi connectivity index (χ0) is 19.6. The molecule has 6 heteroatoms. The lowest BCUT2D eigenvalue weighted by Gasteiger charge is -2.15. The number of hydrogen-bond donors (Lipinski definition) is 2. The monoisotopic (exact) mass is 378 g/mol. The molecule has 0 spiro atoms. The number of anilines is 1. The molecule has 1 fully saturated rings. The quantitative estimate of drug-likeness (QED) is 0.619. The molecule has 0 bridgehead atoms. The third-order valence-electron chi connectivity index (χ3n) is 5.26. The average molecular weight is 378 g/mol. The number of hydrogen-bond acceptors (Lipinski definition) is 3. The summed E-state index contributed by atoms with van der Waals surface area (Å²) < 4.78 is 14.9. The Labute approximate surface area is 163 Å². The number of nitrogens with two attached hydrogens (primary N) is 1. The average Bonchev–Trinajstić information content (AvgIpc) is 3.44. The van der Waals surface area contributed by atoms with Crippen molar-refractivity contribution < 1.29 is 9.18 Å². The molecule has 0 saturated heterocycles. The number of carbonyl (C=O) groups excluding carboxylic acids is 1. The fourth-order valence-corrected chi connectivity index (χ4v) is 3.53. The van der Waals surface area contributed by atoms with Crippen LogP contribution in [0.5, 0.6) is 0 Å². The van der Waals surface area contributed by atoms with Crippen LogP contribution < -0.4 is 11.1 Å². The van der Waals surface area contributed by atoms with Crippen molar-refractivity contribution >= 4 is 11.7 Å². The Morgan fingerprint density at radius 1 is 1.14 bits per heavy atom. The Morgan fingerprint density at radius 3 is 2.54 bits per heavy atom. The van der Waals surface area contributed by atoms with E-state index in [0.717, 1.165) is 42.6 Å². The van der Waals surface area contributed by atoms with Gasteiger partial charge in [0.05, 0.1) is 16.8 Å². The Hall–Kier alpha value is -3.15. The van der Waals surface area contributed by atoms with E-state index < -0.39 is 5.41 Å². The second-order valence-electron chi connectivity index (χ2n) is 7.26. The van der Waals surface area contributed by atoms with E-state index in [4.69, 9.17) is 5.73 Å². The van der Waals surface area contributed by atoms with Gasteiger partial charge < -0.3 is 11.1 Å². The fourth-order valence-electron chi connectivity index (χ4n) is 3.53. The molecule has 1 amide bonds. The summed E-state index contributed by atoms with van der Waals surface area (Å²) in [4.78, 5) is 12.6. The van der Waals surface area contributed by atoms with E-state index >= 15 is 0 Å². The van der Waals surface area contributed by atoms with Crippen molar-refractivity contribution in [3.05, 3.63) is 77.7 Å². The largest absolute Gasteiger partial charge is 0.384 e. The summed E-state index contributed by atoms with van der Waals surface area (Å²) in [5, 5.41) is 7.58. The van der Waals surface area contributed by atoms with Gasteiger partial charge in [-0.05, 0) is 55.5 Å². The summed E-state index contributed by atoms with van der Waals surface area (Å²) in [6, 6.07) is 17.9. The molecule has 0 radical (unpaired) electrons. The fraction of sp³-hybridized carbons (Fsp3) is 0.273. The molecular weight excluding hydrogens is 355 g/mol. The van der Waals surface area contributed by atoms with Crippen LogP contribution in [0.2, 0.25) is 0 Å². The van der Waals surface area contributed by atoms with E-state index in [1.807, 2.05) is 36.4 Å². The Kier molecular flexibility index (Phi) is 4.86. The van der Waals surface area contributed by atoms with Crippen LogP contribution in [-0.2, 0) is 16.6 Å². The summed E-state index contributed by atoms with van der Waals surface area (Å²) in [7, 11) is 0. The summed E-state index contributed by atoms with van der Waals surface area (Å²) in [5.41, 5.74) is 8.30. The lowest BCUT2D eigenvalue weighted by Crippen LogP contribution is -2.35. The standard InChI is InChI=1S/C22H23FN4O/c23-17-10-8-16(9-11-17)22(12-13-22)21(28)25-14-4-5-18-15-20(24)27(26-18)19-6-2-1-3-7-19/h1-3,6-11,15H,4-5,12-14,24H2,(H,25,28). The lowest BCUT2D eigenvalue weighted by atomic mass is 9.95. The van der Waals surface area contributed by atoms with Gasteiger partial charge in [-0.15, -0.1) is 0 Å². The molecule has 1 aliphatic rings. The number of carbonyl (C=O) groups is 1. The first-order valence-corrected chi connectivity index (χ1v) is 9.53. The van der Waals surface area contributed by atoms with Crippen molar-refractivity contribution in [3.8, 4) is 5.69 Å². The molecule has 5 nitrogen and oxygen atoms in total. The first-order valence-electron chi connectivity index (χ1n) is 9.53. The minimum Gasteiger partial charge on any atom is -0.384 e. The maximum absolute atomic E-state index is 13.1. The summed E-state index contributed by atoms with van der Waals surface area (Å²) >= 11 is 0. The third-order valence-corrected chi connectivity index (χ3v) is 5.26. The van der Waals surface area contributed by atoms with Crippen LogP contribution in [-0.4, -0.2) is 22.2 Å². The van der Waals surface area contributed by atoms with Gasteiger partial charge in [0.2, 0.25) is 5.91 Å². The highest BCUT2D eigenvalue weighted by atomic mass is 19.1. The minimum atomic E-state index is -0.479. The molecule has 1 aliphatic carbocycles. The van der Waals surface area contributed by atoms with Gasteiger partial charge in [0.15, 0.2) is 0 Å². The smallest absolute Gasteiger partial charge is 0.230 e. The number of benzene rings is 2. The predicted octanol–water partition coefficient (Wildman–Crippen LogP) is 3.37. The predicted molar refractivity (Wildman–Crippen MR) is 107 cm³/mol. The molecular formula is C22H23FN4O. The van der Waals surface area contributed by atoms with Crippen LogP contribution >= 0.6 is 0 Å². The topological polar surface area (TPSA) is 72.9 Å². The number of nitrogen functional groups attached to an aromatic ring is 1. The highest BCUT2D eigenvalue weighted by Crippen LogP contribution is 2.48. The van der Waals surface area contributed by atoms with Crippen molar-refractivity contribution in [2.75, 3.05) is 12.3 Å². The number of aryl methyl sites for hydroxylation is 1. The van der Waals surface area contributed by atoms with Crippen LogP contribution in [0.3, 0.4) is 0 Å². The van der Waals surface area contributed by atoms with Crippen molar-refractivity contribution in [3.63, 3.8) is 0 Å². The Balaban J connectivity index is 1.30. The highest BCUT2D eigenvalue weighted by Gasteiger charge is 2.50. The first kappa shape index (κ1) is 18.2. The number of amides is 1. The highest BCUT2D eigenvalue weighted by molar-refractivity contribution is 5.91. The Bertz CT molecular complexity index is 962. The SMILES string of the molecule is Nc1cc(CCCNC(=O)C2(c3ccc(F)cc3)CC2)nn1-c1ccccc1. The van der Waals surface area contributed by atoms with Crippen LogP contribution in [0.15, 0.2) is 60.7 Å². The number of rotatable bonds is 7. The molecule has 1 saturated carbocycles. The molecule has 3 aromatic rings. The van der Waals surface area contributed by atoms with Crippen LogP contribution in [0, 0.1) is 5.82 Å². The van der Waals surface area contributed by atoms with Gasteiger partial charge in [0, 0.05) is 12.6 Å². The lowest BCUT2D eigenvalue weighted by molar-refractivity contribution is -0.123.